The molecule has 0 aromatic heterocycles. The zero-order chi connectivity index (χ0) is 11.1. The molecule has 1 N–H and O–H groups in total. The molecule has 0 aliphatic carbocycles. The van der Waals surface area contributed by atoms with E-state index in [1.807, 2.05) is 24.3 Å². The highest BCUT2D eigenvalue weighted by Gasteiger charge is 1.98. The molecule has 1 aromatic rings. The number of ether oxygens (including phenoxy) is 1. The molecule has 1 aromatic carbocycles. The van der Waals surface area contributed by atoms with Crippen LogP contribution in [0.25, 0.3) is 0 Å². The number of carbonyl (C=O) groups excluding carboxylic acids is 1. The minimum absolute atomic E-state index is 0.000165. The molecule has 3 nitrogen and oxygen atoms in total. The van der Waals surface area contributed by atoms with Crippen LogP contribution in [0.5, 0.6) is 5.75 Å². The van der Waals surface area contributed by atoms with Gasteiger partial charge in [0.2, 0.25) is 5.91 Å². The van der Waals surface area contributed by atoms with Gasteiger partial charge < -0.3 is 10.1 Å². The third kappa shape index (κ3) is 4.02. The fourth-order valence-corrected chi connectivity index (χ4v) is 1.21. The largest absolute Gasteiger partial charge is 0.493 e. The molecular formula is C12H17NO2. The van der Waals surface area contributed by atoms with E-state index in [0.29, 0.717) is 13.0 Å². The minimum Gasteiger partial charge on any atom is -0.493 e. The monoisotopic (exact) mass is 207 g/mol. The molecule has 0 fully saturated rings. The van der Waals surface area contributed by atoms with Crippen molar-refractivity contribution in [1.82, 2.24) is 5.32 Å². The Balaban J connectivity index is 2.34. The first-order valence-electron chi connectivity index (χ1n) is 5.18. The van der Waals surface area contributed by atoms with Crippen LogP contribution < -0.4 is 10.1 Å². The predicted molar refractivity (Wildman–Crippen MR) is 60.0 cm³/mol. The Hall–Kier alpha value is -1.51. The summed E-state index contributed by atoms with van der Waals surface area (Å²) in [6.07, 6.45) is 1.42. The third-order valence-corrected chi connectivity index (χ3v) is 2.21. The summed E-state index contributed by atoms with van der Waals surface area (Å²) in [6, 6.07) is 7.94. The van der Waals surface area contributed by atoms with Gasteiger partial charge in [0.25, 0.3) is 0 Å². The van der Waals surface area contributed by atoms with Crippen LogP contribution in [0.2, 0.25) is 0 Å². The maximum Gasteiger partial charge on any atom is 0.223 e. The molecule has 82 valence electrons. The lowest BCUT2D eigenvalue weighted by atomic mass is 10.2. The molecule has 0 saturated heterocycles. The lowest BCUT2D eigenvalue weighted by Gasteiger charge is -2.05. The van der Waals surface area contributed by atoms with Gasteiger partial charge in [-0.3, -0.25) is 4.79 Å². The van der Waals surface area contributed by atoms with E-state index in [1.165, 1.54) is 5.56 Å². The lowest BCUT2D eigenvalue weighted by Crippen LogP contribution is -2.20. The van der Waals surface area contributed by atoms with E-state index in [0.717, 1.165) is 12.2 Å². The highest BCUT2D eigenvalue weighted by molar-refractivity contribution is 5.75. The summed E-state index contributed by atoms with van der Waals surface area (Å²) >= 11 is 0. The molecule has 1 rings (SSSR count). The van der Waals surface area contributed by atoms with E-state index in [4.69, 9.17) is 4.74 Å². The second-order valence-electron chi connectivity index (χ2n) is 3.27. The fraction of sp³-hybridized carbons (Fsp3) is 0.417. The second-order valence-corrected chi connectivity index (χ2v) is 3.27. The maximum atomic E-state index is 10.9. The van der Waals surface area contributed by atoms with Crippen molar-refractivity contribution < 1.29 is 9.53 Å². The predicted octanol–water partition coefficient (Wildman–Crippen LogP) is 1.76. The normalized spacial score (nSPS) is 9.73. The van der Waals surface area contributed by atoms with Crippen molar-refractivity contribution in [3.8, 4) is 5.75 Å². The molecule has 0 saturated carbocycles. The van der Waals surface area contributed by atoms with Crippen molar-refractivity contribution >= 4 is 5.91 Å². The van der Waals surface area contributed by atoms with Crippen molar-refractivity contribution in [3.63, 3.8) is 0 Å². The summed E-state index contributed by atoms with van der Waals surface area (Å²) in [5.41, 5.74) is 1.29. The van der Waals surface area contributed by atoms with Crippen LogP contribution in [0, 0.1) is 0 Å². The van der Waals surface area contributed by atoms with Gasteiger partial charge >= 0.3 is 0 Å². The highest BCUT2D eigenvalue weighted by Crippen LogP contribution is 2.12. The summed E-state index contributed by atoms with van der Waals surface area (Å²) in [4.78, 5) is 10.9. The number of amides is 1. The maximum absolute atomic E-state index is 10.9. The number of benzene rings is 1. The SMILES string of the molecule is CCc1ccc(OCCC(=O)NC)cc1. The van der Waals surface area contributed by atoms with Crippen molar-refractivity contribution in [2.45, 2.75) is 19.8 Å². The van der Waals surface area contributed by atoms with E-state index < -0.39 is 0 Å². The van der Waals surface area contributed by atoms with E-state index in [9.17, 15) is 4.79 Å². The van der Waals surface area contributed by atoms with E-state index in [1.54, 1.807) is 7.05 Å². The average Bonchev–Trinajstić information content (AvgIpc) is 2.29. The number of carbonyl (C=O) groups is 1. The third-order valence-electron chi connectivity index (χ3n) is 2.21. The van der Waals surface area contributed by atoms with E-state index in [-0.39, 0.29) is 5.91 Å². The Morgan fingerprint density at radius 2 is 2.00 bits per heavy atom. The smallest absolute Gasteiger partial charge is 0.223 e. The van der Waals surface area contributed by atoms with Crippen LogP contribution >= 0.6 is 0 Å². The van der Waals surface area contributed by atoms with Crippen LogP contribution in [0.1, 0.15) is 18.9 Å². The average molecular weight is 207 g/mol. The molecular weight excluding hydrogens is 190 g/mol. The number of hydrogen-bond donors (Lipinski definition) is 1. The van der Waals surface area contributed by atoms with Gasteiger partial charge in [0.15, 0.2) is 0 Å². The number of aryl methyl sites for hydroxylation is 1. The number of rotatable bonds is 5. The Bertz CT molecular complexity index is 306. The molecule has 0 unspecified atom stereocenters. The van der Waals surface area contributed by atoms with Gasteiger partial charge in [0, 0.05) is 7.05 Å². The fourth-order valence-electron chi connectivity index (χ4n) is 1.21. The Morgan fingerprint density at radius 3 is 2.53 bits per heavy atom. The van der Waals surface area contributed by atoms with Crippen LogP contribution in [0.3, 0.4) is 0 Å². The molecule has 1 amide bonds. The Kier molecular flexibility index (Phi) is 4.68. The molecule has 0 bridgehead atoms. The standard InChI is InChI=1S/C12H17NO2/c1-3-10-4-6-11(7-5-10)15-9-8-12(14)13-2/h4-7H,3,8-9H2,1-2H3,(H,13,14). The number of hydrogen-bond acceptors (Lipinski definition) is 2. The van der Waals surface area contributed by atoms with Gasteiger partial charge in [-0.05, 0) is 24.1 Å². The highest BCUT2D eigenvalue weighted by atomic mass is 16.5. The Labute approximate surface area is 90.4 Å². The number of nitrogens with one attached hydrogen (secondary N) is 1. The second kappa shape index (κ2) is 6.06. The van der Waals surface area contributed by atoms with E-state index >= 15 is 0 Å². The zero-order valence-electron chi connectivity index (χ0n) is 9.25. The summed E-state index contributed by atoms with van der Waals surface area (Å²) < 4.78 is 5.42. The quantitative estimate of drug-likeness (QED) is 0.799. The first kappa shape index (κ1) is 11.6. The molecule has 0 atom stereocenters. The van der Waals surface area contributed by atoms with Crippen LogP contribution in [0.4, 0.5) is 0 Å². The zero-order valence-corrected chi connectivity index (χ0v) is 9.25. The van der Waals surface area contributed by atoms with Crippen molar-refractivity contribution in [1.29, 1.82) is 0 Å². The molecule has 0 radical (unpaired) electrons. The van der Waals surface area contributed by atoms with Gasteiger partial charge in [0.1, 0.15) is 5.75 Å². The lowest BCUT2D eigenvalue weighted by molar-refractivity contribution is -0.121. The van der Waals surface area contributed by atoms with Crippen LogP contribution in [0.15, 0.2) is 24.3 Å². The van der Waals surface area contributed by atoms with Crippen molar-refractivity contribution in [2.75, 3.05) is 13.7 Å². The molecule has 0 aliphatic rings. The first-order chi connectivity index (χ1) is 7.26. The van der Waals surface area contributed by atoms with E-state index in [2.05, 4.69) is 12.2 Å². The minimum atomic E-state index is 0.000165. The van der Waals surface area contributed by atoms with Crippen molar-refractivity contribution in [2.24, 2.45) is 0 Å². The van der Waals surface area contributed by atoms with Gasteiger partial charge in [-0.25, -0.2) is 0 Å². The molecule has 0 aliphatic heterocycles. The molecule has 0 spiro atoms. The first-order valence-corrected chi connectivity index (χ1v) is 5.18. The topological polar surface area (TPSA) is 38.3 Å². The van der Waals surface area contributed by atoms with Gasteiger partial charge in [0.05, 0.1) is 13.0 Å². The Morgan fingerprint density at radius 1 is 1.33 bits per heavy atom. The summed E-state index contributed by atoms with van der Waals surface area (Å²) in [7, 11) is 1.62. The van der Waals surface area contributed by atoms with Crippen molar-refractivity contribution in [3.05, 3.63) is 29.8 Å². The van der Waals surface area contributed by atoms with Crippen LogP contribution in [-0.4, -0.2) is 19.6 Å². The summed E-state index contributed by atoms with van der Waals surface area (Å²) in [5, 5.41) is 2.55. The van der Waals surface area contributed by atoms with Gasteiger partial charge in [-0.15, -0.1) is 0 Å². The summed E-state index contributed by atoms with van der Waals surface area (Å²) in [5.74, 6) is 0.816. The van der Waals surface area contributed by atoms with Gasteiger partial charge in [-0.2, -0.15) is 0 Å². The van der Waals surface area contributed by atoms with Gasteiger partial charge in [-0.1, -0.05) is 19.1 Å². The molecule has 3 heteroatoms. The summed E-state index contributed by atoms with van der Waals surface area (Å²) in [6.45, 7) is 2.53. The van der Waals surface area contributed by atoms with Crippen LogP contribution in [-0.2, 0) is 11.2 Å². The molecule has 15 heavy (non-hydrogen) atoms. The molecule has 0 heterocycles.